The lowest BCUT2D eigenvalue weighted by atomic mass is 9.95. The highest BCUT2D eigenvalue weighted by Gasteiger charge is 2.33. The van der Waals surface area contributed by atoms with Crippen molar-refractivity contribution in [3.63, 3.8) is 0 Å². The summed E-state index contributed by atoms with van der Waals surface area (Å²) in [6, 6.07) is 8.81. The topological polar surface area (TPSA) is 113 Å². The maximum Gasteiger partial charge on any atom is 0.243 e. The van der Waals surface area contributed by atoms with Crippen LogP contribution >= 0.6 is 11.6 Å². The molecular formula is C22H27ClN2O5S. The summed E-state index contributed by atoms with van der Waals surface area (Å²) in [6.07, 6.45) is 0.0471. The van der Waals surface area contributed by atoms with Crippen LogP contribution in [-0.4, -0.2) is 30.6 Å². The third kappa shape index (κ3) is 5.77. The first-order valence-corrected chi connectivity index (χ1v) is 11.6. The van der Waals surface area contributed by atoms with Crippen LogP contribution in [0.2, 0.25) is 5.02 Å². The van der Waals surface area contributed by atoms with Crippen LogP contribution < -0.4 is 10.6 Å². The van der Waals surface area contributed by atoms with E-state index in [0.29, 0.717) is 0 Å². The molecule has 1 atom stereocenters. The monoisotopic (exact) mass is 466 g/mol. The molecule has 2 aromatic rings. The van der Waals surface area contributed by atoms with Crippen LogP contribution in [0.3, 0.4) is 0 Å². The number of anilines is 2. The number of hydrogen-bond acceptors (Lipinski definition) is 5. The smallest absolute Gasteiger partial charge is 0.243 e. The number of nitrogens with one attached hydrogen (secondary N) is 2. The molecule has 3 N–H and O–H groups in total. The van der Waals surface area contributed by atoms with Crippen molar-refractivity contribution < 1.29 is 23.1 Å². The minimum Gasteiger partial charge on any atom is -0.506 e. The van der Waals surface area contributed by atoms with Gasteiger partial charge in [0.2, 0.25) is 11.8 Å². The molecule has 168 valence electrons. The van der Waals surface area contributed by atoms with Crippen molar-refractivity contribution in [2.24, 2.45) is 5.41 Å². The molecule has 0 heterocycles. The highest BCUT2D eigenvalue weighted by molar-refractivity contribution is 7.92. The summed E-state index contributed by atoms with van der Waals surface area (Å²) in [5, 5.41) is 14.0. The van der Waals surface area contributed by atoms with Gasteiger partial charge in [-0.05, 0) is 37.1 Å². The Morgan fingerprint density at radius 1 is 1.10 bits per heavy atom. The molecule has 0 saturated heterocycles. The lowest BCUT2D eigenvalue weighted by molar-refractivity contribution is -0.123. The van der Waals surface area contributed by atoms with E-state index in [1.165, 1.54) is 24.3 Å². The van der Waals surface area contributed by atoms with E-state index in [9.17, 15) is 23.1 Å². The number of carbonyl (C=O) groups is 2. The highest BCUT2D eigenvalue weighted by Crippen LogP contribution is 2.35. The van der Waals surface area contributed by atoms with Crippen molar-refractivity contribution in [1.29, 1.82) is 0 Å². The maximum atomic E-state index is 13.0. The first-order chi connectivity index (χ1) is 14.3. The molecule has 7 nitrogen and oxygen atoms in total. The zero-order valence-corrected chi connectivity index (χ0v) is 19.7. The number of hydrogen-bond donors (Lipinski definition) is 3. The van der Waals surface area contributed by atoms with Gasteiger partial charge in [-0.15, -0.1) is 0 Å². The molecule has 0 fully saturated rings. The minimum absolute atomic E-state index is 0.0378. The van der Waals surface area contributed by atoms with Crippen LogP contribution in [0.5, 0.6) is 5.75 Å². The predicted molar refractivity (Wildman–Crippen MR) is 122 cm³/mol. The summed E-state index contributed by atoms with van der Waals surface area (Å²) in [6.45, 7) is 8.52. The second-order valence-electron chi connectivity index (χ2n) is 8.30. The molecule has 2 amide bonds. The minimum atomic E-state index is -3.93. The van der Waals surface area contributed by atoms with Gasteiger partial charge in [0.05, 0.1) is 21.3 Å². The van der Waals surface area contributed by atoms with Crippen LogP contribution in [-0.2, 0) is 19.4 Å². The summed E-state index contributed by atoms with van der Waals surface area (Å²) in [5.41, 5.74) is 0.194. The largest absolute Gasteiger partial charge is 0.506 e. The fourth-order valence-corrected chi connectivity index (χ4v) is 4.72. The van der Waals surface area contributed by atoms with Gasteiger partial charge in [-0.3, -0.25) is 9.59 Å². The molecule has 0 aliphatic carbocycles. The van der Waals surface area contributed by atoms with Crippen molar-refractivity contribution in [3.05, 3.63) is 47.0 Å². The number of aromatic hydroxyl groups is 1. The van der Waals surface area contributed by atoms with Gasteiger partial charge in [-0.25, -0.2) is 8.42 Å². The van der Waals surface area contributed by atoms with E-state index in [-0.39, 0.29) is 39.4 Å². The normalized spacial score (nSPS) is 12.8. The number of halogens is 1. The molecule has 0 saturated carbocycles. The van der Waals surface area contributed by atoms with E-state index in [0.717, 1.165) is 5.56 Å². The Balaban J connectivity index is 2.29. The van der Waals surface area contributed by atoms with Crippen molar-refractivity contribution in [1.82, 2.24) is 0 Å². The average molecular weight is 467 g/mol. The van der Waals surface area contributed by atoms with Crippen molar-refractivity contribution >= 4 is 44.6 Å². The fraction of sp³-hybridized carbons (Fsp3) is 0.364. The Kier molecular flexibility index (Phi) is 7.39. The molecule has 9 heteroatoms. The molecule has 0 bridgehead atoms. The van der Waals surface area contributed by atoms with Crippen LogP contribution in [0, 0.1) is 12.3 Å². The highest BCUT2D eigenvalue weighted by atomic mass is 35.5. The van der Waals surface area contributed by atoms with Crippen molar-refractivity contribution in [2.75, 3.05) is 10.6 Å². The van der Waals surface area contributed by atoms with Gasteiger partial charge in [-0.1, -0.05) is 51.4 Å². The Morgan fingerprint density at radius 3 is 2.29 bits per heavy atom. The molecule has 0 aliphatic heterocycles. The zero-order chi connectivity index (χ0) is 23.6. The van der Waals surface area contributed by atoms with E-state index in [1.54, 1.807) is 46.8 Å². The Labute approximate surface area is 187 Å². The third-order valence-electron chi connectivity index (χ3n) is 4.63. The standard InChI is InChI=1S/C22H27ClN2O5S/c1-6-19(31(29,30)14-9-7-8-13(2)10-14)20(27)24-16-12-18(26)17(11-15(16)23)25-21(28)22(3,4)5/h7-12,19,26H,6H2,1-5H3,(H,24,27)(H,25,28). The van der Waals surface area contributed by atoms with Gasteiger partial charge in [-0.2, -0.15) is 0 Å². The van der Waals surface area contributed by atoms with Gasteiger partial charge in [0.25, 0.3) is 0 Å². The Morgan fingerprint density at radius 2 is 1.74 bits per heavy atom. The summed E-state index contributed by atoms with van der Waals surface area (Å²) < 4.78 is 26.0. The number of phenolic OH excluding ortho intramolecular Hbond substituents is 1. The van der Waals surface area contributed by atoms with Crippen LogP contribution in [0.25, 0.3) is 0 Å². The second kappa shape index (κ2) is 9.28. The number of benzene rings is 2. The van der Waals surface area contributed by atoms with Crippen molar-refractivity contribution in [2.45, 2.75) is 51.2 Å². The molecule has 0 spiro atoms. The first kappa shape index (κ1) is 24.7. The number of carbonyl (C=O) groups excluding carboxylic acids is 2. The summed E-state index contributed by atoms with van der Waals surface area (Å²) in [5.74, 6) is -1.41. The van der Waals surface area contributed by atoms with Gasteiger partial charge >= 0.3 is 0 Å². The van der Waals surface area contributed by atoms with E-state index in [1.807, 2.05) is 0 Å². The number of rotatable bonds is 6. The lowest BCUT2D eigenvalue weighted by Crippen LogP contribution is -2.34. The molecule has 0 radical (unpaired) electrons. The second-order valence-corrected chi connectivity index (χ2v) is 10.8. The third-order valence-corrected chi connectivity index (χ3v) is 7.15. The SMILES string of the molecule is CCC(C(=O)Nc1cc(O)c(NC(=O)C(C)(C)C)cc1Cl)S(=O)(=O)c1cccc(C)c1. The number of aryl methyl sites for hydroxylation is 1. The Hall–Kier alpha value is -2.58. The van der Waals surface area contributed by atoms with Gasteiger partial charge in [0, 0.05) is 11.5 Å². The first-order valence-electron chi connectivity index (χ1n) is 9.72. The molecule has 0 aromatic heterocycles. The molecule has 31 heavy (non-hydrogen) atoms. The van der Waals surface area contributed by atoms with E-state index < -0.39 is 26.4 Å². The quantitative estimate of drug-likeness (QED) is 0.541. The number of phenols is 1. The maximum absolute atomic E-state index is 13.0. The Bertz CT molecular complexity index is 1110. The number of amides is 2. The predicted octanol–water partition coefficient (Wildman–Crippen LogP) is 4.53. The fourth-order valence-electron chi connectivity index (χ4n) is 2.78. The zero-order valence-electron chi connectivity index (χ0n) is 18.1. The lowest BCUT2D eigenvalue weighted by Gasteiger charge is -2.20. The molecule has 0 aliphatic rings. The average Bonchev–Trinajstić information content (AvgIpc) is 2.65. The van der Waals surface area contributed by atoms with E-state index in [4.69, 9.17) is 11.6 Å². The van der Waals surface area contributed by atoms with E-state index in [2.05, 4.69) is 10.6 Å². The van der Waals surface area contributed by atoms with Crippen LogP contribution in [0.4, 0.5) is 11.4 Å². The van der Waals surface area contributed by atoms with Crippen LogP contribution in [0.1, 0.15) is 39.7 Å². The van der Waals surface area contributed by atoms with E-state index >= 15 is 0 Å². The molecule has 2 rings (SSSR count). The summed E-state index contributed by atoms with van der Waals surface area (Å²) in [7, 11) is -3.93. The van der Waals surface area contributed by atoms with Gasteiger partial charge < -0.3 is 15.7 Å². The summed E-state index contributed by atoms with van der Waals surface area (Å²) in [4.78, 5) is 25.0. The van der Waals surface area contributed by atoms with Crippen LogP contribution in [0.15, 0.2) is 41.3 Å². The molecule has 1 unspecified atom stereocenters. The van der Waals surface area contributed by atoms with Crippen molar-refractivity contribution in [3.8, 4) is 5.75 Å². The summed E-state index contributed by atoms with van der Waals surface area (Å²) >= 11 is 6.22. The molecular weight excluding hydrogens is 440 g/mol. The van der Waals surface area contributed by atoms with Gasteiger partial charge in [0.15, 0.2) is 9.84 Å². The number of sulfone groups is 1. The van der Waals surface area contributed by atoms with Gasteiger partial charge in [0.1, 0.15) is 11.0 Å². The molecule has 2 aromatic carbocycles.